The number of carbonyl (C=O) groups excluding carboxylic acids is 3. The number of aliphatic hydroxyl groups is 1. The lowest BCUT2D eigenvalue weighted by Gasteiger charge is -2.34. The third kappa shape index (κ3) is 3.82. The third-order valence-electron chi connectivity index (χ3n) is 8.92. The molecule has 10 heteroatoms. The van der Waals surface area contributed by atoms with Gasteiger partial charge in [-0.05, 0) is 36.3 Å². The van der Waals surface area contributed by atoms with Gasteiger partial charge in [-0.1, -0.05) is 48.5 Å². The van der Waals surface area contributed by atoms with E-state index in [9.17, 15) is 33.5 Å². The van der Waals surface area contributed by atoms with E-state index in [-0.39, 0.29) is 25.3 Å². The highest BCUT2D eigenvalue weighted by atomic mass is 19.3. The molecule has 4 aliphatic rings. The number of benzene rings is 2. The molecule has 3 fully saturated rings. The van der Waals surface area contributed by atoms with Crippen LogP contribution in [-0.2, 0) is 20.0 Å². The van der Waals surface area contributed by atoms with Gasteiger partial charge in [0, 0.05) is 42.5 Å². The molecule has 39 heavy (non-hydrogen) atoms. The molecule has 2 aromatic rings. The monoisotopic (exact) mass is 534 g/mol. The molecule has 0 unspecified atom stereocenters. The molecule has 1 saturated carbocycles. The smallest absolute Gasteiger partial charge is 0.264 e. The van der Waals surface area contributed by atoms with Crippen molar-refractivity contribution in [1.29, 1.82) is 5.26 Å². The van der Waals surface area contributed by atoms with Crippen LogP contribution in [0.25, 0.3) is 11.1 Å². The van der Waals surface area contributed by atoms with Crippen LogP contribution < -0.4 is 10.6 Å². The first-order chi connectivity index (χ1) is 18.7. The average Bonchev–Trinajstić information content (AvgIpc) is 3.66. The summed E-state index contributed by atoms with van der Waals surface area (Å²) in [6.45, 7) is 0.102. The molecule has 2 heterocycles. The van der Waals surface area contributed by atoms with Crippen molar-refractivity contribution in [3.8, 4) is 17.2 Å². The summed E-state index contributed by atoms with van der Waals surface area (Å²) in [7, 11) is 0. The summed E-state index contributed by atoms with van der Waals surface area (Å²) in [5.74, 6) is -7.33. The Kier molecular flexibility index (Phi) is 5.95. The van der Waals surface area contributed by atoms with Crippen molar-refractivity contribution in [2.24, 2.45) is 17.8 Å². The van der Waals surface area contributed by atoms with Crippen LogP contribution in [0.3, 0.4) is 0 Å². The van der Waals surface area contributed by atoms with Gasteiger partial charge in [0.05, 0.1) is 6.07 Å². The minimum absolute atomic E-state index is 0.0351. The molecule has 8 nitrogen and oxygen atoms in total. The third-order valence-corrected chi connectivity index (χ3v) is 8.92. The average molecular weight is 535 g/mol. The van der Waals surface area contributed by atoms with Gasteiger partial charge in [0.15, 0.2) is 5.60 Å². The zero-order valence-electron chi connectivity index (χ0n) is 21.1. The molecule has 0 spiro atoms. The van der Waals surface area contributed by atoms with Gasteiger partial charge in [-0.3, -0.25) is 14.4 Å². The molecule has 2 aromatic carbocycles. The number of halogens is 2. The molecular formula is C29H28F2N4O4. The number of amides is 3. The van der Waals surface area contributed by atoms with Crippen molar-refractivity contribution in [3.05, 3.63) is 59.7 Å². The molecule has 5 atom stereocenters. The predicted molar refractivity (Wildman–Crippen MR) is 135 cm³/mol. The van der Waals surface area contributed by atoms with Crippen LogP contribution in [0.2, 0.25) is 0 Å². The number of likely N-dealkylation sites (tertiary alicyclic amines) is 1. The van der Waals surface area contributed by atoms with Crippen LogP contribution in [-0.4, -0.2) is 58.8 Å². The number of nitrogens with one attached hydrogen (secondary N) is 2. The first-order valence-corrected chi connectivity index (χ1v) is 13.2. The van der Waals surface area contributed by atoms with Crippen molar-refractivity contribution >= 4 is 17.7 Å². The SMILES string of the molecule is N#C[C@H](C[C@H]1CCNC1=O)NC(=O)[C@H]1[C@H]2CCC(F)(F)[C@H]2CN1C(=O)C1(O)c2ccccc2-c2ccccc21. The number of carbonyl (C=O) groups is 3. The lowest BCUT2D eigenvalue weighted by atomic mass is 9.88. The molecule has 0 bridgehead atoms. The number of nitriles is 1. The molecule has 0 aromatic heterocycles. The second-order valence-electron chi connectivity index (χ2n) is 11.0. The maximum atomic E-state index is 14.9. The Morgan fingerprint density at radius 3 is 2.36 bits per heavy atom. The second kappa shape index (κ2) is 9.12. The lowest BCUT2D eigenvalue weighted by molar-refractivity contribution is -0.153. The van der Waals surface area contributed by atoms with E-state index in [2.05, 4.69) is 10.6 Å². The summed E-state index contributed by atoms with van der Waals surface area (Å²) in [5.41, 5.74) is -0.165. The van der Waals surface area contributed by atoms with Crippen LogP contribution in [0.5, 0.6) is 0 Å². The molecular weight excluding hydrogens is 506 g/mol. The number of rotatable bonds is 5. The van der Waals surface area contributed by atoms with E-state index in [1.54, 1.807) is 48.5 Å². The minimum atomic E-state index is -3.07. The molecule has 6 rings (SSSR count). The molecule has 3 N–H and O–H groups in total. The van der Waals surface area contributed by atoms with Crippen molar-refractivity contribution in [1.82, 2.24) is 15.5 Å². The van der Waals surface area contributed by atoms with E-state index in [0.717, 1.165) is 4.90 Å². The van der Waals surface area contributed by atoms with Gasteiger partial charge in [0.1, 0.15) is 12.1 Å². The van der Waals surface area contributed by atoms with E-state index >= 15 is 0 Å². The Morgan fingerprint density at radius 1 is 1.13 bits per heavy atom. The second-order valence-corrected chi connectivity index (χ2v) is 11.0. The molecule has 3 amide bonds. The number of hydrogen-bond acceptors (Lipinski definition) is 5. The van der Waals surface area contributed by atoms with Gasteiger partial charge < -0.3 is 20.6 Å². The molecule has 2 saturated heterocycles. The van der Waals surface area contributed by atoms with Crippen LogP contribution >= 0.6 is 0 Å². The highest BCUT2D eigenvalue weighted by Gasteiger charge is 2.63. The Hall–Kier alpha value is -3.84. The van der Waals surface area contributed by atoms with Gasteiger partial charge >= 0.3 is 0 Å². The highest BCUT2D eigenvalue weighted by Crippen LogP contribution is 2.54. The van der Waals surface area contributed by atoms with Gasteiger partial charge in [-0.25, -0.2) is 8.78 Å². The Labute approximate surface area is 224 Å². The minimum Gasteiger partial charge on any atom is -0.372 e. The fraction of sp³-hybridized carbons (Fsp3) is 0.448. The Bertz CT molecular complexity index is 1360. The summed E-state index contributed by atoms with van der Waals surface area (Å²) < 4.78 is 29.9. The number of hydrogen-bond donors (Lipinski definition) is 3. The first-order valence-electron chi connectivity index (χ1n) is 13.2. The maximum Gasteiger partial charge on any atom is 0.264 e. The molecule has 0 radical (unpaired) electrons. The Balaban J connectivity index is 1.35. The van der Waals surface area contributed by atoms with E-state index in [4.69, 9.17) is 0 Å². The van der Waals surface area contributed by atoms with Crippen molar-refractivity contribution in [3.63, 3.8) is 0 Å². The maximum absolute atomic E-state index is 14.9. The number of fused-ring (bicyclic) bond motifs is 4. The number of nitrogens with zero attached hydrogens (tertiary/aromatic N) is 2. The fourth-order valence-corrected chi connectivity index (χ4v) is 7.01. The quantitative estimate of drug-likeness (QED) is 0.544. The zero-order valence-corrected chi connectivity index (χ0v) is 21.1. The van der Waals surface area contributed by atoms with Crippen LogP contribution in [0.15, 0.2) is 48.5 Å². The van der Waals surface area contributed by atoms with Crippen LogP contribution in [0, 0.1) is 29.1 Å². The van der Waals surface area contributed by atoms with Gasteiger partial charge in [-0.2, -0.15) is 5.26 Å². The van der Waals surface area contributed by atoms with Crippen molar-refractivity contribution < 1.29 is 28.3 Å². The van der Waals surface area contributed by atoms with Gasteiger partial charge in [0.2, 0.25) is 11.8 Å². The topological polar surface area (TPSA) is 123 Å². The highest BCUT2D eigenvalue weighted by molar-refractivity contribution is 6.01. The summed E-state index contributed by atoms with van der Waals surface area (Å²) >= 11 is 0. The first kappa shape index (κ1) is 25.4. The predicted octanol–water partition coefficient (Wildman–Crippen LogP) is 2.31. The Morgan fingerprint density at radius 2 is 1.77 bits per heavy atom. The van der Waals surface area contributed by atoms with E-state index < -0.39 is 59.6 Å². The van der Waals surface area contributed by atoms with Crippen LogP contribution in [0.1, 0.15) is 36.8 Å². The standard InChI is InChI=1S/C29H28F2N4O4/c30-28(31)11-9-20-23(28)15-35(24(20)26(37)34-17(14-32)13-16-10-12-33-25(16)36)27(38)29(39)21-7-3-1-5-18(21)19-6-2-4-8-22(19)29/h1-8,16-17,20,23-24,39H,9-13,15H2,(H,33,36)(H,34,37)/t16-,17+,20+,23+,24-/m1/s1. The van der Waals surface area contributed by atoms with Crippen molar-refractivity contribution in [2.75, 3.05) is 13.1 Å². The summed E-state index contributed by atoms with van der Waals surface area (Å²) in [6.07, 6.45) is 0.259. The fourth-order valence-electron chi connectivity index (χ4n) is 7.01. The van der Waals surface area contributed by atoms with E-state index in [1.165, 1.54) is 0 Å². The molecule has 2 aliphatic carbocycles. The number of alkyl halides is 2. The van der Waals surface area contributed by atoms with E-state index in [1.807, 2.05) is 6.07 Å². The van der Waals surface area contributed by atoms with E-state index in [0.29, 0.717) is 35.2 Å². The summed E-state index contributed by atoms with van der Waals surface area (Å²) in [6, 6.07) is 13.5. The summed E-state index contributed by atoms with van der Waals surface area (Å²) in [5, 5.41) is 27.1. The van der Waals surface area contributed by atoms with Gasteiger partial charge in [-0.15, -0.1) is 0 Å². The normalized spacial score (nSPS) is 28.2. The zero-order chi connectivity index (χ0) is 27.5. The summed E-state index contributed by atoms with van der Waals surface area (Å²) in [4.78, 5) is 41.0. The van der Waals surface area contributed by atoms with Crippen molar-refractivity contribution in [2.45, 2.75) is 49.3 Å². The van der Waals surface area contributed by atoms with Crippen LogP contribution in [0.4, 0.5) is 8.78 Å². The molecule has 202 valence electrons. The molecule has 2 aliphatic heterocycles. The lowest BCUT2D eigenvalue weighted by Crippen LogP contribution is -2.55. The van der Waals surface area contributed by atoms with Gasteiger partial charge in [0.25, 0.3) is 11.8 Å². The largest absolute Gasteiger partial charge is 0.372 e.